The highest BCUT2D eigenvalue weighted by Crippen LogP contribution is 2.20. The van der Waals surface area contributed by atoms with E-state index in [9.17, 15) is 9.18 Å². The molecule has 2 aromatic carbocycles. The molecule has 0 saturated carbocycles. The molecule has 1 unspecified atom stereocenters. The largest absolute Gasteiger partial charge is 0.303 e. The average molecular weight is 242 g/mol. The van der Waals surface area contributed by atoms with Crippen LogP contribution in [0.15, 0.2) is 48.5 Å². The maximum absolute atomic E-state index is 13.2. The van der Waals surface area contributed by atoms with E-state index in [1.54, 1.807) is 12.1 Å². The van der Waals surface area contributed by atoms with Gasteiger partial charge in [-0.2, -0.15) is 0 Å². The molecule has 0 radical (unpaired) electrons. The van der Waals surface area contributed by atoms with Crippen LogP contribution in [0.1, 0.15) is 22.6 Å². The minimum atomic E-state index is -0.302. The molecule has 0 bridgehead atoms. The number of carbonyl (C=O) groups excluding carboxylic acids is 1. The first-order chi connectivity index (χ1) is 8.69. The summed E-state index contributed by atoms with van der Waals surface area (Å²) in [7, 11) is 0. The van der Waals surface area contributed by atoms with E-state index in [-0.39, 0.29) is 11.7 Å². The van der Waals surface area contributed by atoms with Gasteiger partial charge in [0.05, 0.1) is 0 Å². The minimum absolute atomic E-state index is 0.289. The van der Waals surface area contributed by atoms with Crippen LogP contribution in [0, 0.1) is 12.7 Å². The van der Waals surface area contributed by atoms with Crippen LogP contribution >= 0.6 is 0 Å². The highest BCUT2D eigenvalue weighted by Gasteiger charge is 2.12. The van der Waals surface area contributed by atoms with Crippen LogP contribution in [0.5, 0.6) is 0 Å². The molecule has 18 heavy (non-hydrogen) atoms. The Morgan fingerprint density at radius 2 is 1.94 bits per heavy atom. The van der Waals surface area contributed by atoms with Crippen molar-refractivity contribution in [1.82, 2.24) is 0 Å². The second-order valence-corrected chi connectivity index (χ2v) is 4.49. The first-order valence-corrected chi connectivity index (χ1v) is 5.95. The topological polar surface area (TPSA) is 17.1 Å². The molecular formula is C16H15FO. The molecule has 0 N–H and O–H groups in total. The molecule has 0 fully saturated rings. The quantitative estimate of drug-likeness (QED) is 0.748. The molecule has 2 aromatic rings. The van der Waals surface area contributed by atoms with Gasteiger partial charge in [0.1, 0.15) is 12.1 Å². The summed E-state index contributed by atoms with van der Waals surface area (Å²) < 4.78 is 13.2. The first kappa shape index (κ1) is 12.5. The summed E-state index contributed by atoms with van der Waals surface area (Å²) in [6, 6.07) is 14.3. The monoisotopic (exact) mass is 242 g/mol. The second kappa shape index (κ2) is 5.58. The van der Waals surface area contributed by atoms with Crippen molar-refractivity contribution in [2.75, 3.05) is 0 Å². The third-order valence-corrected chi connectivity index (χ3v) is 2.98. The van der Waals surface area contributed by atoms with Gasteiger partial charge in [0.2, 0.25) is 0 Å². The molecule has 0 saturated heterocycles. The highest BCUT2D eigenvalue weighted by molar-refractivity contribution is 5.63. The van der Waals surface area contributed by atoms with Gasteiger partial charge in [0, 0.05) is 5.92 Å². The van der Waals surface area contributed by atoms with E-state index < -0.39 is 0 Å². The molecule has 92 valence electrons. The van der Waals surface area contributed by atoms with Crippen molar-refractivity contribution in [3.05, 3.63) is 71.0 Å². The summed E-state index contributed by atoms with van der Waals surface area (Å²) in [5.74, 6) is -0.592. The molecule has 1 atom stereocenters. The Kier molecular flexibility index (Phi) is 3.88. The highest BCUT2D eigenvalue weighted by atomic mass is 19.1. The summed E-state index contributed by atoms with van der Waals surface area (Å²) in [6.07, 6.45) is 1.49. The van der Waals surface area contributed by atoms with Crippen molar-refractivity contribution in [2.24, 2.45) is 0 Å². The van der Waals surface area contributed by atoms with Crippen LogP contribution in [0.4, 0.5) is 4.39 Å². The number of rotatable bonds is 4. The molecular weight excluding hydrogens is 227 g/mol. The number of halogens is 1. The third-order valence-electron chi connectivity index (χ3n) is 2.98. The van der Waals surface area contributed by atoms with E-state index in [1.165, 1.54) is 12.1 Å². The van der Waals surface area contributed by atoms with Crippen LogP contribution in [0.25, 0.3) is 0 Å². The Labute approximate surface area is 106 Å². The lowest BCUT2D eigenvalue weighted by molar-refractivity contribution is -0.109. The van der Waals surface area contributed by atoms with Crippen LogP contribution in [-0.2, 0) is 11.2 Å². The van der Waals surface area contributed by atoms with E-state index in [1.807, 2.05) is 25.1 Å². The maximum atomic E-state index is 13.2. The fourth-order valence-electron chi connectivity index (χ4n) is 2.07. The third kappa shape index (κ3) is 3.04. The minimum Gasteiger partial charge on any atom is -0.303 e. The van der Waals surface area contributed by atoms with E-state index in [4.69, 9.17) is 0 Å². The summed E-state index contributed by atoms with van der Waals surface area (Å²) in [5, 5.41) is 0. The van der Waals surface area contributed by atoms with E-state index in [0.29, 0.717) is 6.42 Å². The Balaban J connectivity index is 2.22. The molecule has 1 nitrogen and oxygen atoms in total. The Morgan fingerprint density at radius 3 is 2.61 bits per heavy atom. The summed E-state index contributed by atoms with van der Waals surface area (Å²) >= 11 is 0. The van der Waals surface area contributed by atoms with Crippen molar-refractivity contribution in [2.45, 2.75) is 19.3 Å². The smallest absolute Gasteiger partial charge is 0.127 e. The zero-order valence-corrected chi connectivity index (χ0v) is 10.3. The molecule has 0 aliphatic carbocycles. The zero-order valence-electron chi connectivity index (χ0n) is 10.3. The SMILES string of the molecule is Cc1cccc(CC(C=O)c2cccc(F)c2)c1. The second-order valence-electron chi connectivity index (χ2n) is 4.49. The zero-order chi connectivity index (χ0) is 13.0. The van der Waals surface area contributed by atoms with Crippen LogP contribution in [-0.4, -0.2) is 6.29 Å². The summed E-state index contributed by atoms with van der Waals surface area (Å²) in [6.45, 7) is 2.02. The van der Waals surface area contributed by atoms with E-state index in [2.05, 4.69) is 6.07 Å². The van der Waals surface area contributed by atoms with Crippen molar-refractivity contribution < 1.29 is 9.18 Å². The van der Waals surface area contributed by atoms with E-state index >= 15 is 0 Å². The van der Waals surface area contributed by atoms with Gasteiger partial charge in [-0.15, -0.1) is 0 Å². The Hall–Kier alpha value is -1.96. The maximum Gasteiger partial charge on any atom is 0.127 e. The van der Waals surface area contributed by atoms with Gasteiger partial charge >= 0.3 is 0 Å². The number of hydrogen-bond donors (Lipinski definition) is 0. The predicted octanol–water partition coefficient (Wildman–Crippen LogP) is 3.66. The Morgan fingerprint density at radius 1 is 1.17 bits per heavy atom. The summed E-state index contributed by atoms with van der Waals surface area (Å²) in [4.78, 5) is 11.2. The molecule has 0 aromatic heterocycles. The van der Waals surface area contributed by atoms with Gasteiger partial charge in [-0.05, 0) is 36.6 Å². The molecule has 2 heteroatoms. The number of aldehydes is 1. The van der Waals surface area contributed by atoms with Crippen molar-refractivity contribution in [3.8, 4) is 0 Å². The number of benzene rings is 2. The van der Waals surface area contributed by atoms with Crippen LogP contribution < -0.4 is 0 Å². The van der Waals surface area contributed by atoms with E-state index in [0.717, 1.165) is 23.0 Å². The number of aryl methyl sites for hydroxylation is 1. The molecule has 0 spiro atoms. The van der Waals surface area contributed by atoms with Gasteiger partial charge in [0.15, 0.2) is 0 Å². The lowest BCUT2D eigenvalue weighted by Crippen LogP contribution is -2.05. The molecule has 0 amide bonds. The standard InChI is InChI=1S/C16H15FO/c1-12-4-2-5-13(8-12)9-15(11-18)14-6-3-7-16(17)10-14/h2-8,10-11,15H,9H2,1H3. The predicted molar refractivity (Wildman–Crippen MR) is 70.1 cm³/mol. The summed E-state index contributed by atoms with van der Waals surface area (Å²) in [5.41, 5.74) is 2.99. The lowest BCUT2D eigenvalue weighted by atomic mass is 9.93. The average Bonchev–Trinajstić information content (AvgIpc) is 2.36. The fraction of sp³-hybridized carbons (Fsp3) is 0.188. The van der Waals surface area contributed by atoms with Gasteiger partial charge < -0.3 is 4.79 Å². The van der Waals surface area contributed by atoms with Crippen molar-refractivity contribution >= 4 is 6.29 Å². The molecule has 0 aliphatic heterocycles. The Bertz CT molecular complexity index is 548. The molecule has 0 heterocycles. The van der Waals surface area contributed by atoms with Crippen LogP contribution in [0.3, 0.4) is 0 Å². The molecule has 2 rings (SSSR count). The van der Waals surface area contributed by atoms with Crippen molar-refractivity contribution in [1.29, 1.82) is 0 Å². The number of carbonyl (C=O) groups is 1. The first-order valence-electron chi connectivity index (χ1n) is 5.95. The van der Waals surface area contributed by atoms with Crippen molar-refractivity contribution in [3.63, 3.8) is 0 Å². The fourth-order valence-corrected chi connectivity index (χ4v) is 2.07. The van der Waals surface area contributed by atoms with Gasteiger partial charge in [-0.3, -0.25) is 0 Å². The van der Waals surface area contributed by atoms with Gasteiger partial charge in [-0.25, -0.2) is 4.39 Å². The number of hydrogen-bond acceptors (Lipinski definition) is 1. The van der Waals surface area contributed by atoms with Crippen LogP contribution in [0.2, 0.25) is 0 Å². The lowest BCUT2D eigenvalue weighted by Gasteiger charge is -2.11. The molecule has 0 aliphatic rings. The normalized spacial score (nSPS) is 12.1. The van der Waals surface area contributed by atoms with Gasteiger partial charge in [-0.1, -0.05) is 42.0 Å². The van der Waals surface area contributed by atoms with Gasteiger partial charge in [0.25, 0.3) is 0 Å².